The first kappa shape index (κ1) is 17.7. The van der Waals surface area contributed by atoms with Crippen molar-refractivity contribution >= 4 is 17.3 Å². The van der Waals surface area contributed by atoms with E-state index in [0.717, 1.165) is 23.7 Å². The Morgan fingerprint density at radius 2 is 1.92 bits per heavy atom. The molecule has 6 heteroatoms. The molecule has 128 valence electrons. The monoisotopic (exact) mass is 328 g/mol. The molecular weight excluding hydrogens is 304 g/mol. The van der Waals surface area contributed by atoms with Crippen molar-refractivity contribution in [3.05, 3.63) is 48.3 Å². The van der Waals surface area contributed by atoms with Crippen molar-refractivity contribution < 1.29 is 9.53 Å². The molecule has 0 saturated carbocycles. The number of ether oxygens (including phenoxy) is 1. The molecule has 0 unspecified atom stereocenters. The summed E-state index contributed by atoms with van der Waals surface area (Å²) < 4.78 is 5.42. The Morgan fingerprint density at radius 1 is 1.17 bits per heavy atom. The lowest BCUT2D eigenvalue weighted by Crippen LogP contribution is -2.31. The molecule has 0 spiro atoms. The van der Waals surface area contributed by atoms with E-state index in [1.165, 1.54) is 0 Å². The predicted molar refractivity (Wildman–Crippen MR) is 96.0 cm³/mol. The van der Waals surface area contributed by atoms with Crippen LogP contribution in [0, 0.1) is 0 Å². The third kappa shape index (κ3) is 5.55. The highest BCUT2D eigenvalue weighted by Gasteiger charge is 2.07. The topological polar surface area (TPSA) is 66.5 Å². The summed E-state index contributed by atoms with van der Waals surface area (Å²) >= 11 is 0. The molecular formula is C18H24N4O2. The van der Waals surface area contributed by atoms with Crippen molar-refractivity contribution in [1.82, 2.24) is 15.2 Å². The number of carbonyl (C=O) groups excluding carboxylic acids is 1. The molecule has 0 aliphatic carbocycles. The summed E-state index contributed by atoms with van der Waals surface area (Å²) in [4.78, 5) is 18.3. The molecule has 2 aromatic rings. The molecule has 0 bridgehead atoms. The van der Waals surface area contributed by atoms with Crippen molar-refractivity contribution in [2.75, 3.05) is 39.1 Å². The number of carbonyl (C=O) groups is 1. The van der Waals surface area contributed by atoms with Crippen molar-refractivity contribution in [3.8, 4) is 5.75 Å². The Hall–Kier alpha value is -2.60. The smallest absolute Gasteiger partial charge is 0.252 e. The van der Waals surface area contributed by atoms with Crippen LogP contribution in [-0.4, -0.2) is 49.6 Å². The number of benzene rings is 1. The lowest BCUT2D eigenvalue weighted by atomic mass is 10.2. The molecule has 0 radical (unpaired) electrons. The largest absolute Gasteiger partial charge is 0.494 e. The Balaban J connectivity index is 1.97. The van der Waals surface area contributed by atoms with Gasteiger partial charge in [0.1, 0.15) is 5.75 Å². The van der Waals surface area contributed by atoms with Crippen LogP contribution in [0.5, 0.6) is 5.75 Å². The van der Waals surface area contributed by atoms with Crippen LogP contribution in [0.1, 0.15) is 17.3 Å². The number of aromatic nitrogens is 1. The summed E-state index contributed by atoms with van der Waals surface area (Å²) in [6.45, 7) is 3.99. The lowest BCUT2D eigenvalue weighted by Gasteiger charge is -2.11. The van der Waals surface area contributed by atoms with Crippen molar-refractivity contribution in [2.45, 2.75) is 6.92 Å². The molecule has 0 atom stereocenters. The zero-order chi connectivity index (χ0) is 17.4. The van der Waals surface area contributed by atoms with E-state index in [0.29, 0.717) is 18.7 Å². The fraction of sp³-hybridized carbons (Fsp3) is 0.333. The molecule has 2 rings (SSSR count). The number of nitrogens with one attached hydrogen (secondary N) is 2. The first-order valence-corrected chi connectivity index (χ1v) is 7.96. The maximum Gasteiger partial charge on any atom is 0.252 e. The summed E-state index contributed by atoms with van der Waals surface area (Å²) in [5.74, 6) is 0.704. The Labute approximate surface area is 142 Å². The van der Waals surface area contributed by atoms with E-state index in [1.54, 1.807) is 18.5 Å². The Bertz CT molecular complexity index is 656. The number of rotatable bonds is 8. The van der Waals surface area contributed by atoms with Crippen LogP contribution in [0.2, 0.25) is 0 Å². The van der Waals surface area contributed by atoms with Gasteiger partial charge < -0.3 is 20.3 Å². The van der Waals surface area contributed by atoms with Gasteiger partial charge in [-0.1, -0.05) is 0 Å². The average Bonchev–Trinajstić information content (AvgIpc) is 2.57. The van der Waals surface area contributed by atoms with Crippen LogP contribution in [0.25, 0.3) is 0 Å². The van der Waals surface area contributed by atoms with Crippen LogP contribution < -0.4 is 15.4 Å². The van der Waals surface area contributed by atoms with Crippen LogP contribution in [0.3, 0.4) is 0 Å². The highest BCUT2D eigenvalue weighted by molar-refractivity contribution is 5.94. The summed E-state index contributed by atoms with van der Waals surface area (Å²) in [5.41, 5.74) is 2.20. The number of anilines is 2. The van der Waals surface area contributed by atoms with E-state index < -0.39 is 0 Å². The molecule has 1 aromatic carbocycles. The van der Waals surface area contributed by atoms with E-state index >= 15 is 0 Å². The van der Waals surface area contributed by atoms with E-state index in [9.17, 15) is 4.79 Å². The minimum atomic E-state index is -0.125. The fourth-order valence-electron chi connectivity index (χ4n) is 2.10. The normalized spacial score (nSPS) is 10.5. The third-order valence-corrected chi connectivity index (χ3v) is 3.30. The van der Waals surface area contributed by atoms with Gasteiger partial charge in [-0.2, -0.15) is 0 Å². The number of amides is 1. The van der Waals surface area contributed by atoms with Gasteiger partial charge in [-0.05, 0) is 51.4 Å². The van der Waals surface area contributed by atoms with Gasteiger partial charge in [-0.15, -0.1) is 0 Å². The van der Waals surface area contributed by atoms with Gasteiger partial charge in [0.05, 0.1) is 24.1 Å². The SMILES string of the molecule is CCOc1ccc(Nc2cncc(C(=O)NCCN(C)C)c2)cc1. The van der Waals surface area contributed by atoms with E-state index in [4.69, 9.17) is 4.74 Å². The van der Waals surface area contributed by atoms with Gasteiger partial charge in [0.15, 0.2) is 0 Å². The van der Waals surface area contributed by atoms with Crippen LogP contribution >= 0.6 is 0 Å². The van der Waals surface area contributed by atoms with Gasteiger partial charge in [0.2, 0.25) is 0 Å². The number of nitrogens with zero attached hydrogens (tertiary/aromatic N) is 2. The van der Waals surface area contributed by atoms with E-state index in [1.807, 2.05) is 50.2 Å². The highest BCUT2D eigenvalue weighted by atomic mass is 16.5. The van der Waals surface area contributed by atoms with Crippen LogP contribution in [0.15, 0.2) is 42.7 Å². The minimum absolute atomic E-state index is 0.125. The van der Waals surface area contributed by atoms with E-state index in [2.05, 4.69) is 15.6 Å². The minimum Gasteiger partial charge on any atom is -0.494 e. The van der Waals surface area contributed by atoms with Gasteiger partial charge >= 0.3 is 0 Å². The van der Waals surface area contributed by atoms with Crippen molar-refractivity contribution in [3.63, 3.8) is 0 Å². The molecule has 1 amide bonds. The molecule has 6 nitrogen and oxygen atoms in total. The molecule has 0 aliphatic rings. The zero-order valence-corrected chi connectivity index (χ0v) is 14.4. The predicted octanol–water partition coefficient (Wildman–Crippen LogP) is 2.52. The Morgan fingerprint density at radius 3 is 2.58 bits per heavy atom. The third-order valence-electron chi connectivity index (χ3n) is 3.30. The highest BCUT2D eigenvalue weighted by Crippen LogP contribution is 2.20. The first-order valence-electron chi connectivity index (χ1n) is 7.96. The lowest BCUT2D eigenvalue weighted by molar-refractivity contribution is 0.0950. The molecule has 0 fully saturated rings. The summed E-state index contributed by atoms with van der Waals surface area (Å²) in [6, 6.07) is 9.44. The first-order chi connectivity index (χ1) is 11.6. The van der Waals surface area contributed by atoms with Gasteiger partial charge in [-0.25, -0.2) is 0 Å². The van der Waals surface area contributed by atoms with Gasteiger partial charge in [-0.3, -0.25) is 9.78 Å². The second-order valence-corrected chi connectivity index (χ2v) is 5.60. The molecule has 1 heterocycles. The van der Waals surface area contributed by atoms with Crippen molar-refractivity contribution in [2.24, 2.45) is 0 Å². The van der Waals surface area contributed by atoms with E-state index in [-0.39, 0.29) is 5.91 Å². The van der Waals surface area contributed by atoms with Gasteiger partial charge in [0.25, 0.3) is 5.91 Å². The fourth-order valence-corrected chi connectivity index (χ4v) is 2.10. The summed E-state index contributed by atoms with van der Waals surface area (Å²) in [5, 5.41) is 6.11. The zero-order valence-electron chi connectivity index (χ0n) is 14.4. The number of likely N-dealkylation sites (N-methyl/N-ethyl adjacent to an activating group) is 1. The molecule has 1 aromatic heterocycles. The maximum absolute atomic E-state index is 12.1. The molecule has 0 saturated heterocycles. The van der Waals surface area contributed by atoms with Crippen LogP contribution in [0.4, 0.5) is 11.4 Å². The number of pyridine rings is 1. The maximum atomic E-state index is 12.1. The Kier molecular flexibility index (Phi) is 6.57. The second-order valence-electron chi connectivity index (χ2n) is 5.60. The van der Waals surface area contributed by atoms with Crippen LogP contribution in [-0.2, 0) is 0 Å². The number of hydrogen-bond donors (Lipinski definition) is 2. The molecule has 24 heavy (non-hydrogen) atoms. The quantitative estimate of drug-likeness (QED) is 0.779. The second kappa shape index (κ2) is 8.88. The average molecular weight is 328 g/mol. The van der Waals surface area contributed by atoms with Crippen molar-refractivity contribution in [1.29, 1.82) is 0 Å². The summed E-state index contributed by atoms with van der Waals surface area (Å²) in [7, 11) is 3.93. The standard InChI is InChI=1S/C18H24N4O2/c1-4-24-17-7-5-15(6-8-17)21-16-11-14(12-19-13-16)18(23)20-9-10-22(2)3/h5-8,11-13,21H,4,9-10H2,1-3H3,(H,20,23). The van der Waals surface area contributed by atoms with Gasteiger partial charge in [0, 0.05) is 25.0 Å². The number of hydrogen-bond acceptors (Lipinski definition) is 5. The summed E-state index contributed by atoms with van der Waals surface area (Å²) in [6.07, 6.45) is 3.25. The molecule has 0 aliphatic heterocycles. The molecule has 2 N–H and O–H groups in total.